The summed E-state index contributed by atoms with van der Waals surface area (Å²) in [7, 11) is 0. The molecule has 0 radical (unpaired) electrons. The lowest BCUT2D eigenvalue weighted by atomic mass is 10.1. The summed E-state index contributed by atoms with van der Waals surface area (Å²) in [4.78, 5) is 17.8. The van der Waals surface area contributed by atoms with E-state index < -0.39 is 0 Å². The molecule has 0 saturated carbocycles. The van der Waals surface area contributed by atoms with Gasteiger partial charge in [-0.3, -0.25) is 0 Å². The Hall–Kier alpha value is -2.12. The Kier molecular flexibility index (Phi) is 6.17. The lowest BCUT2D eigenvalue weighted by molar-refractivity contribution is 0.0983. The molecule has 0 aliphatic carbocycles. The van der Waals surface area contributed by atoms with E-state index in [4.69, 9.17) is 4.74 Å². The molecule has 2 N–H and O–H groups in total. The van der Waals surface area contributed by atoms with E-state index in [9.17, 15) is 4.79 Å². The summed E-state index contributed by atoms with van der Waals surface area (Å²) in [5.74, 6) is 1.25. The molecule has 0 unspecified atom stereocenters. The molecule has 0 aromatic carbocycles. The van der Waals surface area contributed by atoms with E-state index in [1.807, 2.05) is 6.92 Å². The third-order valence-corrected chi connectivity index (χ3v) is 3.47. The average Bonchev–Trinajstić information content (AvgIpc) is 2.54. The van der Waals surface area contributed by atoms with Crippen LogP contribution in [0.25, 0.3) is 0 Å². The van der Waals surface area contributed by atoms with E-state index in [1.54, 1.807) is 11.1 Å². The zero-order valence-corrected chi connectivity index (χ0v) is 13.2. The first kappa shape index (κ1) is 16.3. The highest BCUT2D eigenvalue weighted by Crippen LogP contribution is 2.15. The highest BCUT2D eigenvalue weighted by Gasteiger charge is 2.23. The van der Waals surface area contributed by atoms with Crippen LogP contribution in [-0.4, -0.2) is 58.5 Å². The maximum absolute atomic E-state index is 11.6. The van der Waals surface area contributed by atoms with Crippen molar-refractivity contribution in [2.24, 2.45) is 0 Å². The first-order valence-corrected chi connectivity index (χ1v) is 7.84. The van der Waals surface area contributed by atoms with Crippen molar-refractivity contribution in [3.05, 3.63) is 6.20 Å². The van der Waals surface area contributed by atoms with Crippen LogP contribution >= 0.6 is 0 Å². The quantitative estimate of drug-likeness (QED) is 0.826. The highest BCUT2D eigenvalue weighted by molar-refractivity contribution is 5.67. The molecule has 2 rings (SSSR count). The molecule has 0 bridgehead atoms. The van der Waals surface area contributed by atoms with Crippen LogP contribution in [0.3, 0.4) is 0 Å². The number of nitrogens with zero attached hydrogens (tertiary/aromatic N) is 4. The minimum absolute atomic E-state index is 0.232. The van der Waals surface area contributed by atoms with Gasteiger partial charge in [-0.05, 0) is 26.2 Å². The summed E-state index contributed by atoms with van der Waals surface area (Å²) in [6.07, 6.45) is 4.09. The van der Waals surface area contributed by atoms with Crippen LogP contribution in [0.4, 0.5) is 16.6 Å². The number of likely N-dealkylation sites (tertiary alicyclic amines) is 1. The summed E-state index contributed by atoms with van der Waals surface area (Å²) in [6, 6.07) is 0.244. The first-order valence-electron chi connectivity index (χ1n) is 7.84. The van der Waals surface area contributed by atoms with Gasteiger partial charge >= 0.3 is 6.09 Å². The molecule has 1 aliphatic heterocycles. The Bertz CT molecular complexity index is 476. The van der Waals surface area contributed by atoms with Gasteiger partial charge in [0.2, 0.25) is 5.95 Å². The molecule has 1 saturated heterocycles. The smallest absolute Gasteiger partial charge is 0.409 e. The van der Waals surface area contributed by atoms with Crippen LogP contribution in [0.1, 0.15) is 33.1 Å². The van der Waals surface area contributed by atoms with Gasteiger partial charge in [-0.2, -0.15) is 10.1 Å². The fraction of sp³-hybridized carbons (Fsp3) is 0.714. The van der Waals surface area contributed by atoms with Crippen LogP contribution in [0.5, 0.6) is 0 Å². The summed E-state index contributed by atoms with van der Waals surface area (Å²) < 4.78 is 5.01. The van der Waals surface area contributed by atoms with E-state index in [1.165, 1.54) is 0 Å². The number of aromatic nitrogens is 3. The monoisotopic (exact) mass is 308 g/mol. The van der Waals surface area contributed by atoms with Gasteiger partial charge in [-0.1, -0.05) is 6.92 Å². The molecule has 1 aromatic rings. The number of rotatable bonds is 6. The number of nitrogens with one attached hydrogen (secondary N) is 2. The number of anilines is 2. The van der Waals surface area contributed by atoms with Crippen molar-refractivity contribution < 1.29 is 9.53 Å². The molecule has 2 heterocycles. The van der Waals surface area contributed by atoms with Crippen LogP contribution in [0, 0.1) is 0 Å². The Morgan fingerprint density at radius 3 is 2.86 bits per heavy atom. The minimum atomic E-state index is -0.232. The predicted molar refractivity (Wildman–Crippen MR) is 83.8 cm³/mol. The fourth-order valence-corrected chi connectivity index (χ4v) is 2.31. The number of amides is 1. The number of carbonyl (C=O) groups excluding carboxylic acids is 1. The maximum Gasteiger partial charge on any atom is 0.409 e. The highest BCUT2D eigenvalue weighted by atomic mass is 16.6. The number of carbonyl (C=O) groups is 1. The normalized spacial score (nSPS) is 15.5. The second-order valence-electron chi connectivity index (χ2n) is 5.20. The third kappa shape index (κ3) is 4.71. The molecule has 1 amide bonds. The molecule has 22 heavy (non-hydrogen) atoms. The Balaban J connectivity index is 1.81. The Morgan fingerprint density at radius 2 is 2.18 bits per heavy atom. The number of hydrogen-bond acceptors (Lipinski definition) is 7. The second-order valence-corrected chi connectivity index (χ2v) is 5.20. The topological polar surface area (TPSA) is 92.3 Å². The van der Waals surface area contributed by atoms with Crippen molar-refractivity contribution in [1.29, 1.82) is 0 Å². The molecular weight excluding hydrogens is 284 g/mol. The van der Waals surface area contributed by atoms with Crippen LogP contribution in [0.2, 0.25) is 0 Å². The van der Waals surface area contributed by atoms with E-state index in [2.05, 4.69) is 32.7 Å². The zero-order valence-electron chi connectivity index (χ0n) is 13.2. The molecule has 1 aliphatic rings. The van der Waals surface area contributed by atoms with Gasteiger partial charge in [0, 0.05) is 25.7 Å². The number of ether oxygens (including phenoxy) is 1. The van der Waals surface area contributed by atoms with Crippen LogP contribution in [-0.2, 0) is 4.74 Å². The molecular formula is C14H24N6O2. The predicted octanol–water partition coefficient (Wildman–Crippen LogP) is 1.73. The molecule has 122 valence electrons. The molecule has 1 aromatic heterocycles. The van der Waals surface area contributed by atoms with Crippen molar-refractivity contribution in [3.63, 3.8) is 0 Å². The Labute approximate surface area is 130 Å². The summed E-state index contributed by atoms with van der Waals surface area (Å²) >= 11 is 0. The first-order chi connectivity index (χ1) is 10.7. The van der Waals surface area contributed by atoms with Crippen LogP contribution in [0.15, 0.2) is 6.20 Å². The van der Waals surface area contributed by atoms with Crippen molar-refractivity contribution in [2.45, 2.75) is 39.2 Å². The summed E-state index contributed by atoms with van der Waals surface area (Å²) in [5.41, 5.74) is 0. The zero-order chi connectivity index (χ0) is 15.8. The van der Waals surface area contributed by atoms with Gasteiger partial charge in [0.15, 0.2) is 0 Å². The lowest BCUT2D eigenvalue weighted by Crippen LogP contribution is -2.42. The number of hydrogen-bond donors (Lipinski definition) is 2. The van der Waals surface area contributed by atoms with E-state index >= 15 is 0 Å². The lowest BCUT2D eigenvalue weighted by Gasteiger charge is -2.31. The second kappa shape index (κ2) is 8.35. The van der Waals surface area contributed by atoms with Crippen molar-refractivity contribution >= 4 is 17.9 Å². The largest absolute Gasteiger partial charge is 0.450 e. The van der Waals surface area contributed by atoms with E-state index in [0.29, 0.717) is 25.6 Å². The van der Waals surface area contributed by atoms with Crippen LogP contribution < -0.4 is 10.6 Å². The number of piperidine rings is 1. The molecule has 1 fully saturated rings. The van der Waals surface area contributed by atoms with Gasteiger partial charge in [0.05, 0.1) is 12.8 Å². The molecule has 8 nitrogen and oxygen atoms in total. The van der Waals surface area contributed by atoms with Gasteiger partial charge in [0.1, 0.15) is 5.82 Å². The van der Waals surface area contributed by atoms with Crippen molar-refractivity contribution in [2.75, 3.05) is 36.9 Å². The minimum Gasteiger partial charge on any atom is -0.450 e. The molecule has 0 spiro atoms. The standard InChI is InChI=1S/C14H24N6O2/c1-3-7-15-12-10-16-19-13(18-12)17-11-5-8-20(9-6-11)14(21)22-4-2/h10-11H,3-9H2,1-2H3,(H2,15,17,18,19). The van der Waals surface area contributed by atoms with Gasteiger partial charge < -0.3 is 20.3 Å². The van der Waals surface area contributed by atoms with E-state index in [0.717, 1.165) is 31.6 Å². The molecule has 8 heteroatoms. The Morgan fingerprint density at radius 1 is 1.41 bits per heavy atom. The van der Waals surface area contributed by atoms with Gasteiger partial charge in [0.25, 0.3) is 0 Å². The van der Waals surface area contributed by atoms with Gasteiger partial charge in [-0.15, -0.1) is 5.10 Å². The summed E-state index contributed by atoms with van der Waals surface area (Å²) in [6.45, 7) is 6.54. The SMILES string of the molecule is CCCNc1cnnc(NC2CCN(C(=O)OCC)CC2)n1. The van der Waals surface area contributed by atoms with Crippen molar-refractivity contribution in [1.82, 2.24) is 20.1 Å². The van der Waals surface area contributed by atoms with Crippen molar-refractivity contribution in [3.8, 4) is 0 Å². The van der Waals surface area contributed by atoms with Gasteiger partial charge in [-0.25, -0.2) is 4.79 Å². The van der Waals surface area contributed by atoms with E-state index in [-0.39, 0.29) is 12.1 Å². The fourth-order valence-electron chi connectivity index (χ4n) is 2.31. The summed E-state index contributed by atoms with van der Waals surface area (Å²) in [5, 5.41) is 14.4. The average molecular weight is 308 g/mol. The third-order valence-electron chi connectivity index (χ3n) is 3.47. The molecule has 0 atom stereocenters. The maximum atomic E-state index is 11.6.